The van der Waals surface area contributed by atoms with E-state index in [2.05, 4.69) is 0 Å². The lowest BCUT2D eigenvalue weighted by atomic mass is 9.93. The molecule has 4 heteroatoms. The van der Waals surface area contributed by atoms with E-state index in [0.717, 1.165) is 16.9 Å². The summed E-state index contributed by atoms with van der Waals surface area (Å²) in [6, 6.07) is 11.9. The molecule has 0 aromatic heterocycles. The van der Waals surface area contributed by atoms with E-state index >= 15 is 0 Å². The van der Waals surface area contributed by atoms with E-state index in [1.54, 1.807) is 19.2 Å². The van der Waals surface area contributed by atoms with Gasteiger partial charge in [-0.05, 0) is 60.2 Å². The van der Waals surface area contributed by atoms with Crippen molar-refractivity contribution in [2.45, 2.75) is 12.8 Å². The van der Waals surface area contributed by atoms with Crippen molar-refractivity contribution >= 4 is 11.6 Å². The molecule has 1 N–H and O–H groups in total. The van der Waals surface area contributed by atoms with Crippen molar-refractivity contribution in [1.82, 2.24) is 0 Å². The summed E-state index contributed by atoms with van der Waals surface area (Å²) in [5, 5.41) is 10.2. The van der Waals surface area contributed by atoms with Crippen LogP contribution in [-0.4, -0.2) is 18.8 Å². The molecule has 0 saturated heterocycles. The molecule has 0 aliphatic rings. The number of ether oxygens (including phenoxy) is 1. The van der Waals surface area contributed by atoms with Gasteiger partial charge in [0.05, 0.1) is 7.11 Å². The van der Waals surface area contributed by atoms with Crippen LogP contribution >= 0.6 is 11.6 Å². The topological polar surface area (TPSA) is 29.5 Å². The van der Waals surface area contributed by atoms with Gasteiger partial charge >= 0.3 is 0 Å². The van der Waals surface area contributed by atoms with Gasteiger partial charge in [0, 0.05) is 11.6 Å². The molecule has 0 aliphatic carbocycles. The SMILES string of the molecule is COc1ccc(Cl)cc1CC(CO)Cc1cccc(F)c1. The first-order valence-electron chi connectivity index (χ1n) is 6.80. The molecule has 2 aromatic rings. The second-order valence-corrected chi connectivity index (χ2v) is 5.48. The Morgan fingerprint density at radius 2 is 2.00 bits per heavy atom. The Balaban J connectivity index is 2.14. The average Bonchev–Trinajstić information content (AvgIpc) is 2.47. The van der Waals surface area contributed by atoms with Crippen molar-refractivity contribution in [1.29, 1.82) is 0 Å². The minimum atomic E-state index is -0.260. The van der Waals surface area contributed by atoms with Crippen LogP contribution in [0.4, 0.5) is 4.39 Å². The lowest BCUT2D eigenvalue weighted by molar-refractivity contribution is 0.224. The molecule has 0 heterocycles. The summed E-state index contributed by atoms with van der Waals surface area (Å²) in [4.78, 5) is 0. The Morgan fingerprint density at radius 3 is 2.67 bits per heavy atom. The van der Waals surface area contributed by atoms with Crippen molar-refractivity contribution in [3.63, 3.8) is 0 Å². The van der Waals surface area contributed by atoms with E-state index in [4.69, 9.17) is 16.3 Å². The zero-order valence-corrected chi connectivity index (χ0v) is 12.6. The Hall–Kier alpha value is -1.58. The second-order valence-electron chi connectivity index (χ2n) is 5.04. The predicted molar refractivity (Wildman–Crippen MR) is 82.4 cm³/mol. The zero-order valence-electron chi connectivity index (χ0n) is 11.9. The largest absolute Gasteiger partial charge is 0.496 e. The van der Waals surface area contributed by atoms with Gasteiger partial charge in [0.15, 0.2) is 0 Å². The maximum atomic E-state index is 13.2. The molecule has 0 bridgehead atoms. The summed E-state index contributed by atoms with van der Waals surface area (Å²) in [5.41, 5.74) is 1.82. The van der Waals surface area contributed by atoms with Crippen LogP contribution in [0.3, 0.4) is 0 Å². The maximum absolute atomic E-state index is 13.2. The van der Waals surface area contributed by atoms with Crippen LogP contribution in [0.25, 0.3) is 0 Å². The summed E-state index contributed by atoms with van der Waals surface area (Å²) in [7, 11) is 1.60. The average molecular weight is 309 g/mol. The summed E-state index contributed by atoms with van der Waals surface area (Å²) in [6.45, 7) is 0.0200. The fourth-order valence-electron chi connectivity index (χ4n) is 2.42. The molecule has 21 heavy (non-hydrogen) atoms. The van der Waals surface area contributed by atoms with E-state index < -0.39 is 0 Å². The highest BCUT2D eigenvalue weighted by molar-refractivity contribution is 6.30. The fourth-order valence-corrected chi connectivity index (χ4v) is 2.61. The third kappa shape index (κ3) is 4.45. The molecular weight excluding hydrogens is 291 g/mol. The number of benzene rings is 2. The van der Waals surface area contributed by atoms with Crippen molar-refractivity contribution in [2.75, 3.05) is 13.7 Å². The number of rotatable bonds is 6. The van der Waals surface area contributed by atoms with Gasteiger partial charge in [0.25, 0.3) is 0 Å². The lowest BCUT2D eigenvalue weighted by Gasteiger charge is -2.16. The number of methoxy groups -OCH3 is 1. The van der Waals surface area contributed by atoms with Crippen LogP contribution in [0.15, 0.2) is 42.5 Å². The van der Waals surface area contributed by atoms with Crippen LogP contribution in [0.5, 0.6) is 5.75 Å². The highest BCUT2D eigenvalue weighted by Crippen LogP contribution is 2.26. The third-order valence-corrected chi connectivity index (χ3v) is 3.66. The minimum absolute atomic E-state index is 0.0147. The summed E-state index contributed by atoms with van der Waals surface area (Å²) in [6.07, 6.45) is 1.22. The molecule has 0 saturated carbocycles. The number of aliphatic hydroxyl groups excluding tert-OH is 1. The normalized spacial score (nSPS) is 12.2. The first-order valence-corrected chi connectivity index (χ1v) is 7.18. The van der Waals surface area contributed by atoms with Crippen LogP contribution in [0.1, 0.15) is 11.1 Å². The Kier molecular flexibility index (Phi) is 5.59. The van der Waals surface area contributed by atoms with Crippen molar-refractivity contribution < 1.29 is 14.2 Å². The van der Waals surface area contributed by atoms with Gasteiger partial charge in [-0.25, -0.2) is 4.39 Å². The Morgan fingerprint density at radius 1 is 1.19 bits per heavy atom. The van der Waals surface area contributed by atoms with Gasteiger partial charge in [-0.1, -0.05) is 23.7 Å². The van der Waals surface area contributed by atoms with Crippen LogP contribution < -0.4 is 4.74 Å². The van der Waals surface area contributed by atoms with Crippen molar-refractivity contribution in [3.8, 4) is 5.75 Å². The molecular formula is C17H18ClFO2. The number of aliphatic hydroxyl groups is 1. The van der Waals surface area contributed by atoms with Gasteiger partial charge in [0.1, 0.15) is 11.6 Å². The Labute approximate surface area is 129 Å². The highest BCUT2D eigenvalue weighted by Gasteiger charge is 2.14. The van der Waals surface area contributed by atoms with Crippen LogP contribution in [-0.2, 0) is 12.8 Å². The number of halogens is 2. The quantitative estimate of drug-likeness (QED) is 0.877. The molecule has 2 aromatic carbocycles. The molecule has 0 spiro atoms. The highest BCUT2D eigenvalue weighted by atomic mass is 35.5. The summed E-state index contributed by atoms with van der Waals surface area (Å²) < 4.78 is 18.5. The van der Waals surface area contributed by atoms with Crippen molar-refractivity contribution in [3.05, 3.63) is 64.4 Å². The molecule has 0 amide bonds. The van der Waals surface area contributed by atoms with E-state index in [9.17, 15) is 9.50 Å². The molecule has 0 aliphatic heterocycles. The fraction of sp³-hybridized carbons (Fsp3) is 0.294. The molecule has 1 unspecified atom stereocenters. The van der Waals surface area contributed by atoms with Crippen LogP contribution in [0.2, 0.25) is 5.02 Å². The monoisotopic (exact) mass is 308 g/mol. The number of hydrogen-bond acceptors (Lipinski definition) is 2. The second kappa shape index (κ2) is 7.43. The summed E-state index contributed by atoms with van der Waals surface area (Å²) in [5.74, 6) is 0.473. The summed E-state index contributed by atoms with van der Waals surface area (Å²) >= 11 is 6.01. The Bertz CT molecular complexity index is 601. The molecule has 2 rings (SSSR count). The van der Waals surface area contributed by atoms with Crippen LogP contribution in [0, 0.1) is 11.7 Å². The predicted octanol–water partition coefficient (Wildman–Crippen LogP) is 3.88. The molecule has 2 nitrogen and oxygen atoms in total. The van der Waals surface area contributed by atoms with E-state index in [-0.39, 0.29) is 18.3 Å². The van der Waals surface area contributed by atoms with Gasteiger partial charge in [-0.3, -0.25) is 0 Å². The van der Waals surface area contributed by atoms with E-state index in [1.807, 2.05) is 18.2 Å². The first-order chi connectivity index (χ1) is 10.1. The standard InChI is InChI=1S/C17H18ClFO2/c1-21-17-6-5-15(18)10-14(17)8-13(11-20)7-12-3-2-4-16(19)9-12/h2-6,9-10,13,20H,7-8,11H2,1H3. The van der Waals surface area contributed by atoms with E-state index in [1.165, 1.54) is 12.1 Å². The molecule has 0 fully saturated rings. The van der Waals surface area contributed by atoms with Gasteiger partial charge in [0.2, 0.25) is 0 Å². The molecule has 1 atom stereocenters. The van der Waals surface area contributed by atoms with Gasteiger partial charge < -0.3 is 9.84 Å². The first kappa shape index (κ1) is 15.8. The third-order valence-electron chi connectivity index (χ3n) is 3.42. The molecule has 112 valence electrons. The smallest absolute Gasteiger partial charge is 0.123 e. The van der Waals surface area contributed by atoms with E-state index in [0.29, 0.717) is 17.9 Å². The molecule has 0 radical (unpaired) electrons. The van der Waals surface area contributed by atoms with Crippen molar-refractivity contribution in [2.24, 2.45) is 5.92 Å². The zero-order chi connectivity index (χ0) is 15.2. The van der Waals surface area contributed by atoms with Gasteiger partial charge in [-0.2, -0.15) is 0 Å². The number of hydrogen-bond donors (Lipinski definition) is 1. The maximum Gasteiger partial charge on any atom is 0.123 e. The lowest BCUT2D eigenvalue weighted by Crippen LogP contribution is -2.13. The minimum Gasteiger partial charge on any atom is -0.496 e. The van der Waals surface area contributed by atoms with Gasteiger partial charge in [-0.15, -0.1) is 0 Å².